The molecule has 0 bridgehead atoms. The number of pyridine rings is 2. The van der Waals surface area contributed by atoms with Crippen LogP contribution in [0.25, 0.3) is 22.5 Å². The van der Waals surface area contributed by atoms with E-state index >= 15 is 0 Å². The predicted octanol–water partition coefficient (Wildman–Crippen LogP) is 6.27. The summed E-state index contributed by atoms with van der Waals surface area (Å²) in [6.45, 7) is 9.97. The number of hydrogen-bond acceptors (Lipinski definition) is 0. The van der Waals surface area contributed by atoms with Crippen molar-refractivity contribution in [3.05, 3.63) is 105 Å². The van der Waals surface area contributed by atoms with Gasteiger partial charge in [-0.15, -0.1) is 0 Å². The van der Waals surface area contributed by atoms with Crippen LogP contribution in [0, 0.1) is 33.6 Å². The van der Waals surface area contributed by atoms with Crippen molar-refractivity contribution in [1.29, 1.82) is 0 Å². The molecule has 2 aliphatic rings. The first-order valence-electron chi connectivity index (χ1n) is 13.6. The Morgan fingerprint density at radius 1 is 0.750 bits per heavy atom. The molecule has 0 N–H and O–H groups in total. The second-order valence-corrected chi connectivity index (χ2v) is 11.4. The molecule has 182 valence electrons. The van der Waals surface area contributed by atoms with Crippen LogP contribution in [0.1, 0.15) is 50.9 Å². The van der Waals surface area contributed by atoms with E-state index in [9.17, 15) is 0 Å². The molecule has 2 heterocycles. The third kappa shape index (κ3) is 4.07. The Balaban J connectivity index is 1.38. The van der Waals surface area contributed by atoms with Crippen molar-refractivity contribution in [3.8, 4) is 22.5 Å². The number of nitrogens with zero attached hydrogens (tertiary/aromatic N) is 2. The van der Waals surface area contributed by atoms with E-state index in [4.69, 9.17) is 0 Å². The van der Waals surface area contributed by atoms with Gasteiger partial charge in [0.2, 0.25) is 11.4 Å². The van der Waals surface area contributed by atoms with E-state index in [0.29, 0.717) is 5.92 Å². The summed E-state index contributed by atoms with van der Waals surface area (Å²) in [6.07, 6.45) is 10.8. The highest BCUT2D eigenvalue weighted by atomic mass is 15.0. The van der Waals surface area contributed by atoms with Crippen LogP contribution >= 0.6 is 0 Å². The summed E-state index contributed by atoms with van der Waals surface area (Å²) < 4.78 is 4.93. The van der Waals surface area contributed by atoms with E-state index in [2.05, 4.69) is 105 Å². The first-order valence-corrected chi connectivity index (χ1v) is 13.6. The maximum atomic E-state index is 2.59. The highest BCUT2D eigenvalue weighted by Crippen LogP contribution is 2.35. The lowest BCUT2D eigenvalue weighted by Crippen LogP contribution is -2.40. The Labute approximate surface area is 216 Å². The van der Waals surface area contributed by atoms with E-state index in [-0.39, 0.29) is 0 Å². The number of rotatable bonds is 4. The molecule has 2 aromatic heterocycles. The van der Waals surface area contributed by atoms with Gasteiger partial charge in [0.05, 0.1) is 0 Å². The monoisotopic (exact) mass is 474 g/mol. The summed E-state index contributed by atoms with van der Waals surface area (Å²) in [5.41, 5.74) is 17.2. The average molecular weight is 475 g/mol. The van der Waals surface area contributed by atoms with E-state index in [1.165, 1.54) is 69.6 Å². The van der Waals surface area contributed by atoms with Gasteiger partial charge in [0.1, 0.15) is 7.05 Å². The maximum Gasteiger partial charge on any atom is 0.216 e. The zero-order valence-electron chi connectivity index (χ0n) is 22.5. The van der Waals surface area contributed by atoms with Crippen LogP contribution in [0.5, 0.6) is 0 Å². The van der Waals surface area contributed by atoms with Gasteiger partial charge in [-0.05, 0) is 94.2 Å². The van der Waals surface area contributed by atoms with Crippen molar-refractivity contribution in [1.82, 2.24) is 0 Å². The molecule has 0 radical (unpaired) electrons. The van der Waals surface area contributed by atoms with Gasteiger partial charge in [-0.1, -0.05) is 35.4 Å². The third-order valence-corrected chi connectivity index (χ3v) is 8.51. The van der Waals surface area contributed by atoms with Crippen molar-refractivity contribution < 1.29 is 9.13 Å². The van der Waals surface area contributed by atoms with E-state index in [1.807, 2.05) is 0 Å². The number of fused-ring (bicyclic) bond motifs is 2. The molecular formula is C34H38N2+2. The zero-order chi connectivity index (χ0) is 25.0. The lowest BCUT2D eigenvalue weighted by atomic mass is 9.96. The van der Waals surface area contributed by atoms with E-state index in [1.54, 1.807) is 16.7 Å². The van der Waals surface area contributed by atoms with Gasteiger partial charge in [-0.3, -0.25) is 0 Å². The normalized spacial score (nSPS) is 16.3. The highest BCUT2D eigenvalue weighted by molar-refractivity contribution is 5.67. The van der Waals surface area contributed by atoms with Gasteiger partial charge in [0.25, 0.3) is 0 Å². The fraction of sp³-hybridized carbons (Fsp3) is 0.353. The molecule has 0 amide bonds. The molecule has 2 aliphatic carbocycles. The zero-order valence-corrected chi connectivity index (χ0v) is 22.5. The summed E-state index contributed by atoms with van der Waals surface area (Å²) in [4.78, 5) is 0. The minimum Gasteiger partial charge on any atom is -0.201 e. The molecule has 0 saturated carbocycles. The molecule has 4 aromatic rings. The standard InChI is InChI=1S/C34H38N2/c1-22-9-11-30(24(3)15-22)33-19-27-7-6-8-29(27)21-36(33)20-26-17-28-13-14-35(5)34(32(28)18-26)31-12-10-23(2)16-25(31)4/h9-16,19,21,26H,6-8,17-18,20H2,1-5H3/q+2. The van der Waals surface area contributed by atoms with Crippen molar-refractivity contribution in [2.45, 2.75) is 66.3 Å². The topological polar surface area (TPSA) is 7.76 Å². The van der Waals surface area contributed by atoms with Crippen LogP contribution in [0.4, 0.5) is 0 Å². The fourth-order valence-corrected chi connectivity index (χ4v) is 6.76. The first-order chi connectivity index (χ1) is 17.4. The smallest absolute Gasteiger partial charge is 0.201 e. The lowest BCUT2D eigenvalue weighted by molar-refractivity contribution is -0.692. The molecule has 0 fully saturated rings. The van der Waals surface area contributed by atoms with E-state index in [0.717, 1.165) is 19.4 Å². The summed E-state index contributed by atoms with van der Waals surface area (Å²) in [6, 6.07) is 18.7. The van der Waals surface area contributed by atoms with Crippen molar-refractivity contribution in [3.63, 3.8) is 0 Å². The molecule has 1 unspecified atom stereocenters. The maximum absolute atomic E-state index is 2.59. The van der Waals surface area contributed by atoms with Gasteiger partial charge in [0, 0.05) is 40.3 Å². The summed E-state index contributed by atoms with van der Waals surface area (Å²) in [5, 5.41) is 0. The molecule has 2 heteroatoms. The van der Waals surface area contributed by atoms with Crippen molar-refractivity contribution in [2.24, 2.45) is 13.0 Å². The number of aryl methyl sites for hydroxylation is 7. The minimum atomic E-state index is 0.612. The Hall–Kier alpha value is -3.26. The van der Waals surface area contributed by atoms with Crippen molar-refractivity contribution in [2.75, 3.05) is 0 Å². The Kier molecular flexibility index (Phi) is 5.79. The number of benzene rings is 2. The number of hydrogen-bond donors (Lipinski definition) is 0. The Morgan fingerprint density at radius 3 is 2.17 bits per heavy atom. The molecule has 1 atom stereocenters. The van der Waals surface area contributed by atoms with Crippen LogP contribution in [0.15, 0.2) is 60.9 Å². The minimum absolute atomic E-state index is 0.612. The average Bonchev–Trinajstić information content (AvgIpc) is 3.46. The van der Waals surface area contributed by atoms with Crippen LogP contribution in [0.3, 0.4) is 0 Å². The van der Waals surface area contributed by atoms with Gasteiger partial charge in [-0.25, -0.2) is 4.57 Å². The highest BCUT2D eigenvalue weighted by Gasteiger charge is 2.33. The largest absolute Gasteiger partial charge is 0.216 e. The van der Waals surface area contributed by atoms with Gasteiger partial charge in [0.15, 0.2) is 18.9 Å². The molecule has 36 heavy (non-hydrogen) atoms. The van der Waals surface area contributed by atoms with Gasteiger partial charge >= 0.3 is 0 Å². The van der Waals surface area contributed by atoms with Crippen LogP contribution in [0.2, 0.25) is 0 Å². The first kappa shape index (κ1) is 23.2. The molecule has 2 aromatic carbocycles. The van der Waals surface area contributed by atoms with Gasteiger partial charge in [-0.2, -0.15) is 4.57 Å². The fourth-order valence-electron chi connectivity index (χ4n) is 6.76. The quantitative estimate of drug-likeness (QED) is 0.308. The summed E-state index contributed by atoms with van der Waals surface area (Å²) in [5.74, 6) is 0.612. The lowest BCUT2D eigenvalue weighted by Gasteiger charge is -2.13. The molecule has 2 nitrogen and oxygen atoms in total. The van der Waals surface area contributed by atoms with Crippen LogP contribution < -0.4 is 9.13 Å². The second-order valence-electron chi connectivity index (χ2n) is 11.4. The van der Waals surface area contributed by atoms with Crippen LogP contribution in [-0.2, 0) is 39.3 Å². The Bertz CT molecular complexity index is 1490. The molecule has 6 rings (SSSR count). The second kappa shape index (κ2) is 9.00. The van der Waals surface area contributed by atoms with Crippen LogP contribution in [-0.4, -0.2) is 0 Å². The third-order valence-electron chi connectivity index (χ3n) is 8.51. The molecular weight excluding hydrogens is 436 g/mol. The Morgan fingerprint density at radius 2 is 1.44 bits per heavy atom. The predicted molar refractivity (Wildman–Crippen MR) is 147 cm³/mol. The number of aromatic nitrogens is 2. The molecule has 0 aliphatic heterocycles. The van der Waals surface area contributed by atoms with Crippen molar-refractivity contribution >= 4 is 0 Å². The molecule has 0 spiro atoms. The summed E-state index contributed by atoms with van der Waals surface area (Å²) >= 11 is 0. The summed E-state index contributed by atoms with van der Waals surface area (Å²) in [7, 11) is 2.20. The van der Waals surface area contributed by atoms with E-state index < -0.39 is 0 Å². The van der Waals surface area contributed by atoms with Gasteiger partial charge < -0.3 is 0 Å². The SMILES string of the molecule is Cc1ccc(-c2c3c(cc[n+]2C)CC(C[n+]2cc4c(cc2-c2ccc(C)cc2C)CCC4)C3)c(C)c1. The molecule has 0 saturated heterocycles.